The Hall–Kier alpha value is -1.64. The van der Waals surface area contributed by atoms with E-state index in [2.05, 4.69) is 22.2 Å². The van der Waals surface area contributed by atoms with Gasteiger partial charge in [0.25, 0.3) is 0 Å². The minimum absolute atomic E-state index is 0.467. The van der Waals surface area contributed by atoms with Crippen molar-refractivity contribution in [2.24, 2.45) is 5.41 Å². The van der Waals surface area contributed by atoms with Crippen LogP contribution in [0.15, 0.2) is 30.5 Å². The fourth-order valence-electron chi connectivity index (χ4n) is 3.10. The summed E-state index contributed by atoms with van der Waals surface area (Å²) >= 11 is 0. The number of nitrogens with one attached hydrogen (secondary N) is 1. The fraction of sp³-hybridized carbons (Fsp3) is 0.500. The van der Waals surface area contributed by atoms with Crippen molar-refractivity contribution in [3.63, 3.8) is 0 Å². The van der Waals surface area contributed by atoms with E-state index in [-0.39, 0.29) is 0 Å². The van der Waals surface area contributed by atoms with Gasteiger partial charge in [-0.3, -0.25) is 0 Å². The van der Waals surface area contributed by atoms with Crippen LogP contribution in [0.3, 0.4) is 0 Å². The van der Waals surface area contributed by atoms with Crippen LogP contribution < -0.4 is 5.32 Å². The lowest BCUT2D eigenvalue weighted by atomic mass is 9.83. The Labute approximate surface area is 114 Å². The first-order valence-electron chi connectivity index (χ1n) is 7.27. The Morgan fingerprint density at radius 1 is 1.21 bits per heavy atom. The van der Waals surface area contributed by atoms with Crippen LogP contribution in [0.4, 0.5) is 5.95 Å². The third-order valence-corrected chi connectivity index (χ3v) is 4.52. The number of fused-ring (bicyclic) bond motifs is 1. The zero-order chi connectivity index (χ0) is 13.1. The molecule has 0 aliphatic heterocycles. The topological polar surface area (TPSA) is 37.8 Å². The molecule has 0 saturated heterocycles. The van der Waals surface area contributed by atoms with Crippen LogP contribution in [0.1, 0.15) is 39.0 Å². The second kappa shape index (κ2) is 5.16. The SMILES string of the molecule is CCC1(CNc2ncc3ccccc3n2)CCCC1. The highest BCUT2D eigenvalue weighted by Gasteiger charge is 2.31. The van der Waals surface area contributed by atoms with Crippen LogP contribution in [-0.2, 0) is 0 Å². The second-order valence-electron chi connectivity index (χ2n) is 5.67. The molecule has 3 rings (SSSR count). The maximum atomic E-state index is 4.58. The van der Waals surface area contributed by atoms with Crippen LogP contribution in [-0.4, -0.2) is 16.5 Å². The Kier molecular flexibility index (Phi) is 3.36. The van der Waals surface area contributed by atoms with E-state index in [1.807, 2.05) is 30.5 Å². The number of benzene rings is 1. The van der Waals surface area contributed by atoms with E-state index in [9.17, 15) is 0 Å². The Morgan fingerprint density at radius 3 is 2.79 bits per heavy atom. The molecule has 1 aliphatic carbocycles. The lowest BCUT2D eigenvalue weighted by Gasteiger charge is -2.27. The number of para-hydroxylation sites is 1. The van der Waals surface area contributed by atoms with Gasteiger partial charge in [0.15, 0.2) is 0 Å². The quantitative estimate of drug-likeness (QED) is 0.897. The summed E-state index contributed by atoms with van der Waals surface area (Å²) in [5, 5.41) is 4.54. The van der Waals surface area contributed by atoms with E-state index >= 15 is 0 Å². The number of hydrogen-bond acceptors (Lipinski definition) is 3. The van der Waals surface area contributed by atoms with Gasteiger partial charge in [-0.05, 0) is 30.7 Å². The van der Waals surface area contributed by atoms with Gasteiger partial charge in [-0.15, -0.1) is 0 Å². The zero-order valence-electron chi connectivity index (χ0n) is 11.5. The molecule has 100 valence electrons. The molecule has 2 aromatic rings. The highest BCUT2D eigenvalue weighted by molar-refractivity contribution is 5.78. The lowest BCUT2D eigenvalue weighted by molar-refractivity contribution is 0.306. The van der Waals surface area contributed by atoms with Gasteiger partial charge in [0, 0.05) is 18.1 Å². The molecule has 1 heterocycles. The van der Waals surface area contributed by atoms with E-state index in [0.717, 1.165) is 23.4 Å². The van der Waals surface area contributed by atoms with Crippen molar-refractivity contribution in [1.29, 1.82) is 0 Å². The maximum absolute atomic E-state index is 4.58. The number of nitrogens with zero attached hydrogens (tertiary/aromatic N) is 2. The molecule has 19 heavy (non-hydrogen) atoms. The predicted octanol–water partition coefficient (Wildman–Crippen LogP) is 4.01. The third-order valence-electron chi connectivity index (χ3n) is 4.52. The van der Waals surface area contributed by atoms with Crippen molar-refractivity contribution < 1.29 is 0 Å². The number of rotatable bonds is 4. The maximum Gasteiger partial charge on any atom is 0.223 e. The van der Waals surface area contributed by atoms with Gasteiger partial charge in [-0.2, -0.15) is 0 Å². The molecule has 0 unspecified atom stereocenters. The Bertz CT molecular complexity index is 559. The Balaban J connectivity index is 1.74. The van der Waals surface area contributed by atoms with Gasteiger partial charge in [0.2, 0.25) is 5.95 Å². The predicted molar refractivity (Wildman–Crippen MR) is 79.2 cm³/mol. The van der Waals surface area contributed by atoms with Gasteiger partial charge in [-0.25, -0.2) is 9.97 Å². The monoisotopic (exact) mass is 255 g/mol. The van der Waals surface area contributed by atoms with Crippen LogP contribution in [0, 0.1) is 5.41 Å². The van der Waals surface area contributed by atoms with Crippen LogP contribution in [0.25, 0.3) is 10.9 Å². The number of hydrogen-bond donors (Lipinski definition) is 1. The van der Waals surface area contributed by atoms with Crippen LogP contribution >= 0.6 is 0 Å². The minimum Gasteiger partial charge on any atom is -0.354 e. The molecular formula is C16H21N3. The molecular weight excluding hydrogens is 234 g/mol. The van der Waals surface area contributed by atoms with E-state index < -0.39 is 0 Å². The summed E-state index contributed by atoms with van der Waals surface area (Å²) < 4.78 is 0. The minimum atomic E-state index is 0.467. The molecule has 1 aliphatic rings. The van der Waals surface area contributed by atoms with Crippen molar-refractivity contribution in [3.8, 4) is 0 Å². The molecule has 1 N–H and O–H groups in total. The number of anilines is 1. The third kappa shape index (κ3) is 2.55. The molecule has 1 saturated carbocycles. The van der Waals surface area contributed by atoms with Crippen molar-refractivity contribution in [2.75, 3.05) is 11.9 Å². The smallest absolute Gasteiger partial charge is 0.223 e. The van der Waals surface area contributed by atoms with Crippen molar-refractivity contribution in [1.82, 2.24) is 9.97 Å². The second-order valence-corrected chi connectivity index (χ2v) is 5.67. The highest BCUT2D eigenvalue weighted by Crippen LogP contribution is 2.40. The first kappa shape index (κ1) is 12.4. The molecule has 3 heteroatoms. The van der Waals surface area contributed by atoms with Crippen LogP contribution in [0.5, 0.6) is 0 Å². The van der Waals surface area contributed by atoms with Gasteiger partial charge < -0.3 is 5.32 Å². The summed E-state index contributed by atoms with van der Waals surface area (Å²) in [6.07, 6.45) is 8.56. The average molecular weight is 255 g/mol. The molecule has 0 spiro atoms. The number of aromatic nitrogens is 2. The standard InChI is InChI=1S/C16H21N3/c1-2-16(9-5-6-10-16)12-18-15-17-11-13-7-3-4-8-14(13)19-15/h3-4,7-8,11H,2,5-6,9-10,12H2,1H3,(H,17,18,19). The van der Waals surface area contributed by atoms with Gasteiger partial charge in [0.1, 0.15) is 0 Å². The summed E-state index contributed by atoms with van der Waals surface area (Å²) in [6.45, 7) is 3.30. The van der Waals surface area contributed by atoms with Gasteiger partial charge in [-0.1, -0.05) is 38.0 Å². The Morgan fingerprint density at radius 2 is 2.00 bits per heavy atom. The fourth-order valence-corrected chi connectivity index (χ4v) is 3.10. The van der Waals surface area contributed by atoms with Crippen molar-refractivity contribution in [2.45, 2.75) is 39.0 Å². The van der Waals surface area contributed by atoms with E-state index in [1.54, 1.807) is 0 Å². The van der Waals surface area contributed by atoms with E-state index in [1.165, 1.54) is 32.1 Å². The van der Waals surface area contributed by atoms with Crippen LogP contribution in [0.2, 0.25) is 0 Å². The average Bonchev–Trinajstić information content (AvgIpc) is 2.94. The molecule has 0 bridgehead atoms. The summed E-state index contributed by atoms with van der Waals surface area (Å²) in [5.41, 5.74) is 1.48. The van der Waals surface area contributed by atoms with E-state index in [4.69, 9.17) is 0 Å². The van der Waals surface area contributed by atoms with Gasteiger partial charge >= 0.3 is 0 Å². The molecule has 3 nitrogen and oxygen atoms in total. The first-order chi connectivity index (χ1) is 9.31. The van der Waals surface area contributed by atoms with Crippen molar-refractivity contribution in [3.05, 3.63) is 30.5 Å². The van der Waals surface area contributed by atoms with E-state index in [0.29, 0.717) is 5.41 Å². The first-order valence-corrected chi connectivity index (χ1v) is 7.27. The largest absolute Gasteiger partial charge is 0.354 e. The normalized spacial score (nSPS) is 17.7. The van der Waals surface area contributed by atoms with Crippen molar-refractivity contribution >= 4 is 16.9 Å². The zero-order valence-corrected chi connectivity index (χ0v) is 11.5. The molecule has 1 aromatic heterocycles. The molecule has 0 amide bonds. The summed E-state index contributed by atoms with van der Waals surface area (Å²) in [7, 11) is 0. The molecule has 0 radical (unpaired) electrons. The summed E-state index contributed by atoms with van der Waals surface area (Å²) in [6, 6.07) is 8.12. The van der Waals surface area contributed by atoms with Gasteiger partial charge in [0.05, 0.1) is 5.52 Å². The highest BCUT2D eigenvalue weighted by atomic mass is 15.1. The molecule has 1 aromatic carbocycles. The summed E-state index contributed by atoms with van der Waals surface area (Å²) in [4.78, 5) is 8.99. The molecule has 0 atom stereocenters. The lowest BCUT2D eigenvalue weighted by Crippen LogP contribution is -2.26. The molecule has 1 fully saturated rings. The summed E-state index contributed by atoms with van der Waals surface area (Å²) in [5.74, 6) is 0.762.